The predicted octanol–water partition coefficient (Wildman–Crippen LogP) is 4.44. The van der Waals surface area contributed by atoms with E-state index in [9.17, 15) is 4.79 Å². The zero-order valence-corrected chi connectivity index (χ0v) is 12.6. The molecule has 0 N–H and O–H groups in total. The lowest BCUT2D eigenvalue weighted by Gasteiger charge is -2.19. The molecular weight excluding hydrogens is 212 g/mol. The topological polar surface area (TPSA) is 17.1 Å². The lowest BCUT2D eigenvalue weighted by Crippen LogP contribution is -2.21. The number of hydrogen-bond donors (Lipinski definition) is 0. The summed E-state index contributed by atoms with van der Waals surface area (Å²) in [6.07, 6.45) is 8.74. The monoisotopic (exact) mass is 238 g/mol. The Bertz CT molecular complexity index is 280. The lowest BCUT2D eigenvalue weighted by atomic mass is 9.84. The van der Waals surface area contributed by atoms with Gasteiger partial charge in [0.1, 0.15) is 0 Å². The van der Waals surface area contributed by atoms with E-state index in [1.165, 1.54) is 6.04 Å². The van der Waals surface area contributed by atoms with Crippen LogP contribution in [0.3, 0.4) is 0 Å². The summed E-state index contributed by atoms with van der Waals surface area (Å²) < 4.78 is 0. The summed E-state index contributed by atoms with van der Waals surface area (Å²) in [5.74, 6) is 0.215. The van der Waals surface area contributed by atoms with Crippen LogP contribution in [0, 0.1) is 5.41 Å². The van der Waals surface area contributed by atoms with E-state index >= 15 is 0 Å². The minimum absolute atomic E-state index is 0.215. The highest BCUT2D eigenvalue weighted by molar-refractivity contribution is 6.76. The normalized spacial score (nSPS) is 13.9. The highest BCUT2D eigenvalue weighted by Crippen LogP contribution is 2.23. The van der Waals surface area contributed by atoms with Crippen LogP contribution in [-0.2, 0) is 4.79 Å². The molecule has 0 aliphatic heterocycles. The third-order valence-corrected chi connectivity index (χ3v) is 3.97. The Morgan fingerprint density at radius 3 is 2.19 bits per heavy atom. The summed E-state index contributed by atoms with van der Waals surface area (Å²) in [6.45, 7) is 13.0. The number of allylic oxidation sites excluding steroid dienone is 4. The Morgan fingerprint density at radius 1 is 1.19 bits per heavy atom. The molecule has 0 rings (SSSR count). The van der Waals surface area contributed by atoms with Crippen molar-refractivity contribution in [3.63, 3.8) is 0 Å². The summed E-state index contributed by atoms with van der Waals surface area (Å²) in [5, 5.41) is 0. The summed E-state index contributed by atoms with van der Waals surface area (Å²) in [5.41, 5.74) is -0.261. The first-order valence-corrected chi connectivity index (χ1v) is 9.72. The van der Waals surface area contributed by atoms with E-state index in [2.05, 4.69) is 31.8 Å². The summed E-state index contributed by atoms with van der Waals surface area (Å²) in [7, 11) is -0.982. The third-order valence-electron chi connectivity index (χ3n) is 2.51. The van der Waals surface area contributed by atoms with Gasteiger partial charge in [-0.2, -0.15) is 0 Å². The van der Waals surface area contributed by atoms with Gasteiger partial charge in [-0.1, -0.05) is 51.7 Å². The predicted molar refractivity (Wildman–Crippen MR) is 75.5 cm³/mol. The number of hydrogen-bond acceptors (Lipinski definition) is 1. The smallest absolute Gasteiger partial charge is 0.161 e. The molecule has 0 aromatic carbocycles. The molecule has 0 unspecified atom stereocenters. The third kappa shape index (κ3) is 6.78. The van der Waals surface area contributed by atoms with Gasteiger partial charge >= 0.3 is 0 Å². The Morgan fingerprint density at radius 2 is 1.75 bits per heavy atom. The molecule has 0 saturated carbocycles. The molecule has 0 spiro atoms. The Balaban J connectivity index is 4.24. The zero-order chi connectivity index (χ0) is 12.8. The highest BCUT2D eigenvalue weighted by Gasteiger charge is 2.23. The largest absolute Gasteiger partial charge is 0.294 e. The maximum atomic E-state index is 11.7. The minimum atomic E-state index is -0.982. The van der Waals surface area contributed by atoms with E-state index in [1.54, 1.807) is 6.08 Å². The Hall–Kier alpha value is -0.633. The van der Waals surface area contributed by atoms with Gasteiger partial charge in [0.2, 0.25) is 0 Å². The average Bonchev–Trinajstić information content (AvgIpc) is 2.11. The van der Waals surface area contributed by atoms with Gasteiger partial charge in [-0.3, -0.25) is 4.79 Å². The van der Waals surface area contributed by atoms with Gasteiger partial charge in [0.05, 0.1) is 0 Å². The molecule has 0 atom stereocenters. The van der Waals surface area contributed by atoms with Crippen molar-refractivity contribution >= 4 is 13.9 Å². The molecular formula is C14H26OSi. The molecule has 0 aliphatic carbocycles. The van der Waals surface area contributed by atoms with Crippen LogP contribution in [0.25, 0.3) is 0 Å². The van der Waals surface area contributed by atoms with Crippen LogP contribution in [0.2, 0.25) is 25.7 Å². The van der Waals surface area contributed by atoms with Crippen LogP contribution in [0.4, 0.5) is 0 Å². The first kappa shape index (κ1) is 15.4. The molecule has 0 saturated heterocycles. The molecule has 0 fully saturated rings. The quantitative estimate of drug-likeness (QED) is 0.380. The second-order valence-corrected chi connectivity index (χ2v) is 11.7. The van der Waals surface area contributed by atoms with E-state index in [1.807, 2.05) is 26.8 Å². The maximum absolute atomic E-state index is 11.7. The van der Waals surface area contributed by atoms with Crippen molar-refractivity contribution in [1.29, 1.82) is 0 Å². The van der Waals surface area contributed by atoms with Gasteiger partial charge in [0.25, 0.3) is 0 Å². The van der Waals surface area contributed by atoms with Gasteiger partial charge in [0.15, 0.2) is 5.78 Å². The number of carbonyl (C=O) groups excluding carboxylic acids is 1. The van der Waals surface area contributed by atoms with Crippen molar-refractivity contribution in [2.45, 2.75) is 52.9 Å². The van der Waals surface area contributed by atoms with Crippen molar-refractivity contribution in [3.8, 4) is 0 Å². The Labute approximate surface area is 102 Å². The molecule has 2 heteroatoms. The van der Waals surface area contributed by atoms with Crippen LogP contribution in [-0.4, -0.2) is 13.9 Å². The van der Waals surface area contributed by atoms with Gasteiger partial charge < -0.3 is 0 Å². The van der Waals surface area contributed by atoms with Crippen LogP contribution in [0.1, 0.15) is 27.2 Å². The second kappa shape index (κ2) is 6.19. The molecule has 0 heterocycles. The molecule has 16 heavy (non-hydrogen) atoms. The number of carbonyl (C=O) groups is 1. The van der Waals surface area contributed by atoms with E-state index in [-0.39, 0.29) is 11.2 Å². The van der Waals surface area contributed by atoms with E-state index < -0.39 is 8.07 Å². The lowest BCUT2D eigenvalue weighted by molar-refractivity contribution is -0.122. The molecule has 0 radical (unpaired) electrons. The standard InChI is InChI=1S/C14H26OSi/c1-7-10-13(15)14(2,3)11-8-9-12-16(4,5)6/h7-10H,11-12H2,1-6H3/b9-8+,10-7+. The van der Waals surface area contributed by atoms with Crippen LogP contribution in [0.5, 0.6) is 0 Å². The Kier molecular flexibility index (Phi) is 5.94. The SMILES string of the molecule is C/C=C/C(=O)C(C)(C)C/C=C/C[Si](C)(C)C. The van der Waals surface area contributed by atoms with Crippen molar-refractivity contribution in [2.75, 3.05) is 0 Å². The molecule has 0 aromatic heterocycles. The molecule has 1 nitrogen and oxygen atoms in total. The molecule has 0 amide bonds. The van der Waals surface area contributed by atoms with Gasteiger partial charge in [-0.25, -0.2) is 0 Å². The molecule has 0 bridgehead atoms. The van der Waals surface area contributed by atoms with E-state index in [0.29, 0.717) is 0 Å². The second-order valence-electron chi connectivity index (χ2n) is 6.19. The highest BCUT2D eigenvalue weighted by atomic mass is 28.3. The molecule has 0 aliphatic rings. The fourth-order valence-corrected chi connectivity index (χ4v) is 2.17. The number of rotatable bonds is 6. The van der Waals surface area contributed by atoms with Crippen molar-refractivity contribution in [2.24, 2.45) is 5.41 Å². The molecule has 92 valence electrons. The van der Waals surface area contributed by atoms with Crippen molar-refractivity contribution < 1.29 is 4.79 Å². The van der Waals surface area contributed by atoms with Crippen LogP contribution >= 0.6 is 0 Å². The van der Waals surface area contributed by atoms with Crippen molar-refractivity contribution in [1.82, 2.24) is 0 Å². The van der Waals surface area contributed by atoms with E-state index in [0.717, 1.165) is 6.42 Å². The van der Waals surface area contributed by atoms with Gasteiger partial charge in [-0.15, -0.1) is 0 Å². The van der Waals surface area contributed by atoms with Crippen LogP contribution < -0.4 is 0 Å². The summed E-state index contributed by atoms with van der Waals surface area (Å²) >= 11 is 0. The van der Waals surface area contributed by atoms with Crippen LogP contribution in [0.15, 0.2) is 24.3 Å². The number of ketones is 1. The molecule has 0 aromatic rings. The first-order valence-electron chi connectivity index (χ1n) is 6.01. The fourth-order valence-electron chi connectivity index (χ4n) is 1.29. The van der Waals surface area contributed by atoms with E-state index in [4.69, 9.17) is 0 Å². The zero-order valence-electron chi connectivity index (χ0n) is 11.6. The minimum Gasteiger partial charge on any atom is -0.294 e. The fraction of sp³-hybridized carbons (Fsp3) is 0.643. The summed E-state index contributed by atoms with van der Waals surface area (Å²) in [6, 6.07) is 1.20. The van der Waals surface area contributed by atoms with Gasteiger partial charge in [0, 0.05) is 13.5 Å². The maximum Gasteiger partial charge on any atom is 0.161 e. The van der Waals surface area contributed by atoms with Crippen molar-refractivity contribution in [3.05, 3.63) is 24.3 Å². The first-order chi connectivity index (χ1) is 7.19. The van der Waals surface area contributed by atoms with Gasteiger partial charge in [-0.05, 0) is 25.5 Å². The average molecular weight is 238 g/mol. The summed E-state index contributed by atoms with van der Waals surface area (Å²) in [4.78, 5) is 11.7.